The number of carboxylic acids is 1. The molecule has 0 unspecified atom stereocenters. The zero-order valence-corrected chi connectivity index (χ0v) is 11.2. The lowest BCUT2D eigenvalue weighted by Crippen LogP contribution is -2.16. The van der Waals surface area contributed by atoms with Crippen molar-refractivity contribution >= 4 is 5.97 Å². The van der Waals surface area contributed by atoms with Crippen LogP contribution in [0.5, 0.6) is 17.2 Å². The molecule has 0 radical (unpaired) electrons. The van der Waals surface area contributed by atoms with Crippen molar-refractivity contribution in [1.82, 2.24) is 0 Å². The van der Waals surface area contributed by atoms with E-state index in [2.05, 4.69) is 0 Å². The molecule has 0 spiro atoms. The van der Waals surface area contributed by atoms with E-state index in [1.165, 1.54) is 6.07 Å². The molecular weight excluding hydrogens is 272 g/mol. The molecule has 1 aliphatic rings. The smallest absolute Gasteiger partial charge is 0.339 e. The molecule has 2 aromatic rings. The molecule has 0 saturated carbocycles. The van der Waals surface area contributed by atoms with Gasteiger partial charge in [0.1, 0.15) is 31.1 Å². The average Bonchev–Trinajstić information content (AvgIpc) is 2.53. The second kappa shape index (κ2) is 5.75. The molecule has 0 amide bonds. The van der Waals surface area contributed by atoms with E-state index < -0.39 is 5.97 Å². The minimum Gasteiger partial charge on any atom is -0.488 e. The number of aromatic carboxylic acids is 1. The van der Waals surface area contributed by atoms with Crippen LogP contribution in [0.3, 0.4) is 0 Å². The highest BCUT2D eigenvalue weighted by Gasteiger charge is 2.20. The number of fused-ring (bicyclic) bond motifs is 1. The van der Waals surface area contributed by atoms with Crippen LogP contribution in [-0.4, -0.2) is 24.3 Å². The van der Waals surface area contributed by atoms with Crippen LogP contribution in [0.15, 0.2) is 42.5 Å². The molecule has 2 aromatic carbocycles. The molecular formula is C16H14O5. The molecule has 3 rings (SSSR count). The summed E-state index contributed by atoms with van der Waals surface area (Å²) < 4.78 is 16.5. The largest absolute Gasteiger partial charge is 0.488 e. The van der Waals surface area contributed by atoms with Gasteiger partial charge >= 0.3 is 5.97 Å². The van der Waals surface area contributed by atoms with Crippen molar-refractivity contribution in [3.63, 3.8) is 0 Å². The summed E-state index contributed by atoms with van der Waals surface area (Å²) in [6, 6.07) is 12.6. The van der Waals surface area contributed by atoms with Gasteiger partial charge in [0.25, 0.3) is 0 Å². The molecule has 1 heterocycles. The number of rotatable bonds is 4. The van der Waals surface area contributed by atoms with Gasteiger partial charge in [-0.05, 0) is 5.56 Å². The lowest BCUT2D eigenvalue weighted by Gasteiger charge is -2.20. The summed E-state index contributed by atoms with van der Waals surface area (Å²) in [7, 11) is 0. The first-order chi connectivity index (χ1) is 10.2. The number of carbonyl (C=O) groups is 1. The maximum Gasteiger partial charge on any atom is 0.339 e. The Morgan fingerprint density at radius 2 is 1.76 bits per heavy atom. The Hall–Kier alpha value is -2.69. The summed E-state index contributed by atoms with van der Waals surface area (Å²) in [5, 5.41) is 9.29. The second-order valence-corrected chi connectivity index (χ2v) is 4.57. The van der Waals surface area contributed by atoms with E-state index in [-0.39, 0.29) is 11.3 Å². The zero-order valence-electron chi connectivity index (χ0n) is 11.2. The van der Waals surface area contributed by atoms with Crippen LogP contribution in [0.25, 0.3) is 0 Å². The number of ether oxygens (including phenoxy) is 3. The lowest BCUT2D eigenvalue weighted by atomic mass is 10.1. The van der Waals surface area contributed by atoms with Gasteiger partial charge < -0.3 is 19.3 Å². The van der Waals surface area contributed by atoms with Crippen molar-refractivity contribution in [1.29, 1.82) is 0 Å². The lowest BCUT2D eigenvalue weighted by molar-refractivity contribution is 0.0690. The molecule has 5 heteroatoms. The Bertz CT molecular complexity index is 651. The summed E-state index contributed by atoms with van der Waals surface area (Å²) in [6.45, 7) is 1.15. The summed E-state index contributed by atoms with van der Waals surface area (Å²) >= 11 is 0. The van der Waals surface area contributed by atoms with Crippen molar-refractivity contribution < 1.29 is 24.1 Å². The quantitative estimate of drug-likeness (QED) is 0.936. The van der Waals surface area contributed by atoms with E-state index in [9.17, 15) is 9.90 Å². The van der Waals surface area contributed by atoms with E-state index in [0.29, 0.717) is 31.3 Å². The number of hydrogen-bond donors (Lipinski definition) is 1. The third kappa shape index (κ3) is 2.91. The molecule has 1 N–H and O–H groups in total. The molecule has 0 aliphatic carbocycles. The van der Waals surface area contributed by atoms with Crippen LogP contribution in [0.1, 0.15) is 15.9 Å². The molecule has 0 bridgehead atoms. The minimum atomic E-state index is -1.06. The molecule has 0 fully saturated rings. The summed E-state index contributed by atoms with van der Waals surface area (Å²) in [5.41, 5.74) is 1.03. The second-order valence-electron chi connectivity index (χ2n) is 4.57. The van der Waals surface area contributed by atoms with Gasteiger partial charge in [0, 0.05) is 12.1 Å². The molecule has 5 nitrogen and oxygen atoms in total. The van der Waals surface area contributed by atoms with Crippen LogP contribution in [-0.2, 0) is 6.61 Å². The predicted molar refractivity (Wildman–Crippen MR) is 75.2 cm³/mol. The van der Waals surface area contributed by atoms with Crippen molar-refractivity contribution in [2.75, 3.05) is 13.2 Å². The summed E-state index contributed by atoms with van der Waals surface area (Å²) in [6.07, 6.45) is 0. The average molecular weight is 286 g/mol. The third-order valence-electron chi connectivity index (χ3n) is 3.11. The van der Waals surface area contributed by atoms with Gasteiger partial charge in [0.15, 0.2) is 11.5 Å². The number of hydrogen-bond acceptors (Lipinski definition) is 4. The number of benzene rings is 2. The van der Waals surface area contributed by atoms with Gasteiger partial charge in [-0.25, -0.2) is 4.79 Å². The minimum absolute atomic E-state index is 0.0650. The van der Waals surface area contributed by atoms with Gasteiger partial charge in [0.2, 0.25) is 0 Å². The summed E-state index contributed by atoms with van der Waals surface area (Å²) in [4.78, 5) is 11.3. The van der Waals surface area contributed by atoms with Crippen LogP contribution >= 0.6 is 0 Å². The fourth-order valence-corrected chi connectivity index (χ4v) is 2.09. The van der Waals surface area contributed by atoms with E-state index in [1.54, 1.807) is 6.07 Å². The van der Waals surface area contributed by atoms with Gasteiger partial charge in [-0.1, -0.05) is 30.3 Å². The first-order valence-electron chi connectivity index (χ1n) is 6.58. The fraction of sp³-hybridized carbons (Fsp3) is 0.188. The van der Waals surface area contributed by atoms with Gasteiger partial charge in [-0.3, -0.25) is 0 Å². The Kier molecular flexibility index (Phi) is 3.64. The first-order valence-corrected chi connectivity index (χ1v) is 6.58. The number of carboxylic acid groups (broad SMARTS) is 1. The Morgan fingerprint density at radius 1 is 1.10 bits per heavy atom. The highest BCUT2D eigenvalue weighted by molar-refractivity contribution is 5.92. The fourth-order valence-electron chi connectivity index (χ4n) is 2.09. The van der Waals surface area contributed by atoms with E-state index >= 15 is 0 Å². The topological polar surface area (TPSA) is 65.0 Å². The standard InChI is InChI=1S/C16H14O5/c17-16(18)12-8-14-15(20-7-6-19-14)9-13(12)21-10-11-4-2-1-3-5-11/h1-5,8-9H,6-7,10H2,(H,17,18). The highest BCUT2D eigenvalue weighted by atomic mass is 16.6. The zero-order chi connectivity index (χ0) is 14.7. The molecule has 0 atom stereocenters. The Morgan fingerprint density at radius 3 is 2.43 bits per heavy atom. The van der Waals surface area contributed by atoms with Crippen LogP contribution in [0.2, 0.25) is 0 Å². The normalized spacial score (nSPS) is 12.8. The van der Waals surface area contributed by atoms with Crippen molar-refractivity contribution in [3.05, 3.63) is 53.6 Å². The van der Waals surface area contributed by atoms with Crippen LogP contribution in [0, 0.1) is 0 Å². The summed E-state index contributed by atoms with van der Waals surface area (Å²) in [5.74, 6) is 0.158. The maximum absolute atomic E-state index is 11.3. The predicted octanol–water partition coefficient (Wildman–Crippen LogP) is 2.74. The van der Waals surface area contributed by atoms with Gasteiger partial charge in [0.05, 0.1) is 0 Å². The Labute approximate surface area is 121 Å². The van der Waals surface area contributed by atoms with E-state index in [4.69, 9.17) is 14.2 Å². The molecule has 0 saturated heterocycles. The monoisotopic (exact) mass is 286 g/mol. The molecule has 0 aromatic heterocycles. The van der Waals surface area contributed by atoms with E-state index in [1.807, 2.05) is 30.3 Å². The van der Waals surface area contributed by atoms with Crippen LogP contribution < -0.4 is 14.2 Å². The maximum atomic E-state index is 11.3. The third-order valence-corrected chi connectivity index (χ3v) is 3.11. The van der Waals surface area contributed by atoms with Gasteiger partial charge in [-0.15, -0.1) is 0 Å². The van der Waals surface area contributed by atoms with Gasteiger partial charge in [-0.2, -0.15) is 0 Å². The van der Waals surface area contributed by atoms with Crippen molar-refractivity contribution in [2.24, 2.45) is 0 Å². The molecule has 108 valence electrons. The van der Waals surface area contributed by atoms with Crippen molar-refractivity contribution in [3.8, 4) is 17.2 Å². The van der Waals surface area contributed by atoms with E-state index in [0.717, 1.165) is 5.56 Å². The SMILES string of the molecule is O=C(O)c1cc2c(cc1OCc1ccccc1)OCCO2. The molecule has 21 heavy (non-hydrogen) atoms. The van der Waals surface area contributed by atoms with Crippen LogP contribution in [0.4, 0.5) is 0 Å². The highest BCUT2D eigenvalue weighted by Crippen LogP contribution is 2.37. The molecule has 1 aliphatic heterocycles. The Balaban J connectivity index is 1.87. The first kappa shape index (κ1) is 13.3. The van der Waals surface area contributed by atoms with Crippen molar-refractivity contribution in [2.45, 2.75) is 6.61 Å².